The Morgan fingerprint density at radius 2 is 1.86 bits per heavy atom. The number of methoxy groups -OCH3 is 2. The van der Waals surface area contributed by atoms with Gasteiger partial charge in [-0.3, -0.25) is 9.69 Å². The molecule has 1 aliphatic rings. The minimum atomic E-state index is -0.193. The van der Waals surface area contributed by atoms with Gasteiger partial charge in [0.15, 0.2) is 11.5 Å². The first-order chi connectivity index (χ1) is 13.6. The Bertz CT molecular complexity index is 801. The largest absolute Gasteiger partial charge is 0.493 e. The third-order valence-corrected chi connectivity index (χ3v) is 5.20. The summed E-state index contributed by atoms with van der Waals surface area (Å²) in [5, 5.41) is 12.2. The maximum atomic E-state index is 12.6. The summed E-state index contributed by atoms with van der Waals surface area (Å²) in [5.41, 5.74) is 2.43. The van der Waals surface area contributed by atoms with Gasteiger partial charge in [-0.05, 0) is 67.7 Å². The van der Waals surface area contributed by atoms with Gasteiger partial charge in [-0.1, -0.05) is 12.1 Å². The molecular weight excluding hydrogens is 356 g/mol. The third-order valence-electron chi connectivity index (χ3n) is 5.20. The first-order valence-electron chi connectivity index (χ1n) is 9.58. The van der Waals surface area contributed by atoms with Crippen LogP contribution >= 0.6 is 0 Å². The summed E-state index contributed by atoms with van der Waals surface area (Å²) in [6, 6.07) is 13.0. The minimum absolute atomic E-state index is 0.193. The molecule has 1 heterocycles. The summed E-state index contributed by atoms with van der Waals surface area (Å²) in [6.07, 6.45) is 2.07. The van der Waals surface area contributed by atoms with Crippen molar-refractivity contribution in [2.24, 2.45) is 5.92 Å². The number of anilines is 1. The van der Waals surface area contributed by atoms with E-state index in [2.05, 4.69) is 16.3 Å². The number of nitrogens with zero attached hydrogens (tertiary/aromatic N) is 1. The molecule has 0 unspecified atom stereocenters. The second-order valence-electron chi connectivity index (χ2n) is 7.13. The zero-order valence-corrected chi connectivity index (χ0v) is 16.5. The molecule has 0 bridgehead atoms. The smallest absolute Gasteiger partial charge is 0.255 e. The molecule has 3 rings (SSSR count). The van der Waals surface area contributed by atoms with Crippen LogP contribution < -0.4 is 14.8 Å². The highest BCUT2D eigenvalue weighted by atomic mass is 16.5. The van der Waals surface area contributed by atoms with Crippen molar-refractivity contribution in [1.82, 2.24) is 4.90 Å². The zero-order valence-electron chi connectivity index (χ0n) is 16.5. The molecule has 1 amide bonds. The lowest BCUT2D eigenvalue weighted by Gasteiger charge is -2.31. The van der Waals surface area contributed by atoms with Crippen LogP contribution in [0.15, 0.2) is 42.5 Å². The lowest BCUT2D eigenvalue weighted by atomic mass is 9.97. The minimum Gasteiger partial charge on any atom is -0.493 e. The lowest BCUT2D eigenvalue weighted by molar-refractivity contribution is 0.102. The number of aliphatic hydroxyl groups excluding tert-OH is 1. The third kappa shape index (κ3) is 5.03. The summed E-state index contributed by atoms with van der Waals surface area (Å²) >= 11 is 0. The molecule has 0 saturated carbocycles. The van der Waals surface area contributed by atoms with Crippen LogP contribution in [0.1, 0.15) is 28.8 Å². The molecule has 28 heavy (non-hydrogen) atoms. The van der Waals surface area contributed by atoms with Crippen LogP contribution in [0, 0.1) is 5.92 Å². The topological polar surface area (TPSA) is 71.0 Å². The fourth-order valence-corrected chi connectivity index (χ4v) is 3.51. The van der Waals surface area contributed by atoms with Crippen LogP contribution in [0.3, 0.4) is 0 Å². The van der Waals surface area contributed by atoms with Crippen LogP contribution in [0.25, 0.3) is 0 Å². The Kier molecular flexibility index (Phi) is 6.90. The molecule has 6 heteroatoms. The second kappa shape index (κ2) is 9.57. The number of rotatable bonds is 7. The van der Waals surface area contributed by atoms with Gasteiger partial charge < -0.3 is 19.9 Å². The predicted octanol–water partition coefficient (Wildman–Crippen LogP) is 3.16. The number of hydrogen-bond donors (Lipinski definition) is 2. The van der Waals surface area contributed by atoms with Gasteiger partial charge in [0.25, 0.3) is 5.91 Å². The fraction of sp³-hybridized carbons (Fsp3) is 0.409. The van der Waals surface area contributed by atoms with Crippen molar-refractivity contribution in [2.75, 3.05) is 39.2 Å². The van der Waals surface area contributed by atoms with E-state index in [4.69, 9.17) is 9.47 Å². The van der Waals surface area contributed by atoms with Gasteiger partial charge in [-0.15, -0.1) is 0 Å². The number of likely N-dealkylation sites (tertiary alicyclic amines) is 1. The SMILES string of the molecule is COc1ccc(C(=O)Nc2cccc(CN3CCC(CO)CC3)c2)cc1OC. The Balaban J connectivity index is 1.63. The summed E-state index contributed by atoms with van der Waals surface area (Å²) in [7, 11) is 3.11. The highest BCUT2D eigenvalue weighted by Crippen LogP contribution is 2.28. The van der Waals surface area contributed by atoms with Crippen molar-refractivity contribution in [2.45, 2.75) is 19.4 Å². The van der Waals surface area contributed by atoms with Crippen molar-refractivity contribution >= 4 is 11.6 Å². The standard InChI is InChI=1S/C22H28N2O4/c1-27-20-7-6-18(13-21(20)28-2)22(26)23-19-5-3-4-17(12-19)14-24-10-8-16(15-25)9-11-24/h3-7,12-13,16,25H,8-11,14-15H2,1-2H3,(H,23,26). The molecular formula is C22H28N2O4. The van der Waals surface area contributed by atoms with E-state index in [9.17, 15) is 9.90 Å². The number of carbonyl (C=O) groups excluding carboxylic acids is 1. The van der Waals surface area contributed by atoms with E-state index in [1.54, 1.807) is 32.4 Å². The quantitative estimate of drug-likeness (QED) is 0.767. The van der Waals surface area contributed by atoms with Gasteiger partial charge in [0.2, 0.25) is 0 Å². The Labute approximate surface area is 166 Å². The molecule has 0 radical (unpaired) electrons. The van der Waals surface area contributed by atoms with E-state index in [0.29, 0.717) is 23.0 Å². The maximum absolute atomic E-state index is 12.6. The molecule has 0 atom stereocenters. The van der Waals surface area contributed by atoms with Gasteiger partial charge in [0.1, 0.15) is 0 Å². The average Bonchev–Trinajstić information content (AvgIpc) is 2.74. The summed E-state index contributed by atoms with van der Waals surface area (Å²) < 4.78 is 10.5. The van der Waals surface area contributed by atoms with Crippen molar-refractivity contribution in [3.63, 3.8) is 0 Å². The average molecular weight is 384 g/mol. The highest BCUT2D eigenvalue weighted by Gasteiger charge is 2.18. The molecule has 0 aliphatic carbocycles. The van der Waals surface area contributed by atoms with E-state index in [1.165, 1.54) is 0 Å². The van der Waals surface area contributed by atoms with E-state index >= 15 is 0 Å². The maximum Gasteiger partial charge on any atom is 0.255 e. The predicted molar refractivity (Wildman–Crippen MR) is 109 cm³/mol. The number of ether oxygens (including phenoxy) is 2. The van der Waals surface area contributed by atoms with Crippen LogP contribution in [0.5, 0.6) is 11.5 Å². The van der Waals surface area contributed by atoms with E-state index < -0.39 is 0 Å². The highest BCUT2D eigenvalue weighted by molar-refractivity contribution is 6.04. The molecule has 1 saturated heterocycles. The number of carbonyl (C=O) groups is 1. The van der Waals surface area contributed by atoms with Crippen molar-refractivity contribution in [3.8, 4) is 11.5 Å². The van der Waals surface area contributed by atoms with Crippen molar-refractivity contribution in [1.29, 1.82) is 0 Å². The number of piperidine rings is 1. The number of benzene rings is 2. The molecule has 0 spiro atoms. The second-order valence-corrected chi connectivity index (χ2v) is 7.13. The van der Waals surface area contributed by atoms with Gasteiger partial charge >= 0.3 is 0 Å². The molecule has 2 aromatic carbocycles. The molecule has 2 aromatic rings. The Morgan fingerprint density at radius 3 is 2.54 bits per heavy atom. The van der Waals surface area contributed by atoms with E-state index in [-0.39, 0.29) is 12.5 Å². The van der Waals surface area contributed by atoms with Crippen LogP contribution in [-0.4, -0.2) is 49.8 Å². The summed E-state index contributed by atoms with van der Waals surface area (Å²) in [4.78, 5) is 15.0. The van der Waals surface area contributed by atoms with Gasteiger partial charge in [-0.2, -0.15) is 0 Å². The van der Waals surface area contributed by atoms with Gasteiger partial charge in [-0.25, -0.2) is 0 Å². The Morgan fingerprint density at radius 1 is 1.11 bits per heavy atom. The van der Waals surface area contributed by atoms with Crippen LogP contribution in [0.4, 0.5) is 5.69 Å². The first-order valence-corrected chi connectivity index (χ1v) is 9.58. The molecule has 6 nitrogen and oxygen atoms in total. The summed E-state index contributed by atoms with van der Waals surface area (Å²) in [5.74, 6) is 1.35. The van der Waals surface area contributed by atoms with E-state index in [1.807, 2.05) is 18.2 Å². The molecule has 150 valence electrons. The van der Waals surface area contributed by atoms with E-state index in [0.717, 1.165) is 43.7 Å². The molecule has 1 fully saturated rings. The lowest BCUT2D eigenvalue weighted by Crippen LogP contribution is -2.34. The van der Waals surface area contributed by atoms with Crippen molar-refractivity contribution in [3.05, 3.63) is 53.6 Å². The number of amides is 1. The fourth-order valence-electron chi connectivity index (χ4n) is 3.51. The van der Waals surface area contributed by atoms with Gasteiger partial charge in [0, 0.05) is 24.4 Å². The molecule has 1 aliphatic heterocycles. The molecule has 0 aromatic heterocycles. The summed E-state index contributed by atoms with van der Waals surface area (Å²) in [6.45, 7) is 3.12. The number of aliphatic hydroxyl groups is 1. The zero-order chi connectivity index (χ0) is 19.9. The van der Waals surface area contributed by atoms with Crippen molar-refractivity contribution < 1.29 is 19.4 Å². The number of nitrogens with one attached hydrogen (secondary N) is 1. The van der Waals surface area contributed by atoms with Crippen LogP contribution in [0.2, 0.25) is 0 Å². The normalized spacial score (nSPS) is 15.2. The van der Waals surface area contributed by atoms with Gasteiger partial charge in [0.05, 0.1) is 14.2 Å². The Hall–Kier alpha value is -2.57. The number of hydrogen-bond acceptors (Lipinski definition) is 5. The molecule has 2 N–H and O–H groups in total. The van der Waals surface area contributed by atoms with Crippen LogP contribution in [-0.2, 0) is 6.54 Å². The monoisotopic (exact) mass is 384 g/mol. The first kappa shape index (κ1) is 20.2.